The number of rotatable bonds is 1. The summed E-state index contributed by atoms with van der Waals surface area (Å²) in [6.45, 7) is 0. The zero-order valence-electron chi connectivity index (χ0n) is 6.62. The zero-order chi connectivity index (χ0) is 10.3. The van der Waals surface area contributed by atoms with Gasteiger partial charge in [-0.2, -0.15) is 5.10 Å². The first kappa shape index (κ1) is 9.84. The maximum Gasteiger partial charge on any atom is 0.284 e. The van der Waals surface area contributed by atoms with Crippen molar-refractivity contribution in [1.29, 1.82) is 0 Å². The van der Waals surface area contributed by atoms with Crippen molar-refractivity contribution in [1.82, 2.24) is 10.2 Å². The van der Waals surface area contributed by atoms with Crippen LogP contribution in [0.15, 0.2) is 16.6 Å². The van der Waals surface area contributed by atoms with Gasteiger partial charge in [-0.25, -0.2) is 0 Å². The van der Waals surface area contributed by atoms with Crippen molar-refractivity contribution in [3.05, 3.63) is 30.4 Å². The van der Waals surface area contributed by atoms with Crippen LogP contribution in [0.5, 0.6) is 0 Å². The Kier molecular flexibility index (Phi) is 2.43. The highest BCUT2D eigenvalue weighted by atomic mass is 127. The minimum Gasteiger partial charge on any atom is -0.271 e. The number of nitro groups is 1. The van der Waals surface area contributed by atoms with Crippen LogP contribution in [0.2, 0.25) is 0 Å². The number of benzene rings is 1. The Morgan fingerprint density at radius 3 is 2.93 bits per heavy atom. The second-order valence-corrected chi connectivity index (χ2v) is 4.55. The van der Waals surface area contributed by atoms with E-state index in [1.807, 2.05) is 22.6 Å². The molecule has 5 nitrogen and oxygen atoms in total. The first-order valence-corrected chi connectivity index (χ1v) is 5.44. The summed E-state index contributed by atoms with van der Waals surface area (Å²) in [5, 5.41) is 18.2. The number of nitrogens with one attached hydrogen (secondary N) is 1. The summed E-state index contributed by atoms with van der Waals surface area (Å²) in [7, 11) is 0. The highest BCUT2D eigenvalue weighted by molar-refractivity contribution is 14.1. The van der Waals surface area contributed by atoms with E-state index in [0.29, 0.717) is 9.99 Å². The minimum absolute atomic E-state index is 0.0526. The quantitative estimate of drug-likeness (QED) is 0.478. The molecular weight excluding hydrogens is 365 g/mol. The molecule has 1 aromatic heterocycles. The molecule has 0 aliphatic rings. The van der Waals surface area contributed by atoms with E-state index in [9.17, 15) is 10.1 Å². The number of halogens is 2. The number of H-pyrrole nitrogens is 1. The summed E-state index contributed by atoms with van der Waals surface area (Å²) < 4.78 is 1.24. The summed E-state index contributed by atoms with van der Waals surface area (Å²) in [6.07, 6.45) is 0. The van der Waals surface area contributed by atoms with Crippen molar-refractivity contribution >= 4 is 55.1 Å². The van der Waals surface area contributed by atoms with Crippen LogP contribution in [0.3, 0.4) is 0 Å². The summed E-state index contributed by atoms with van der Waals surface area (Å²) >= 11 is 5.18. The van der Waals surface area contributed by atoms with E-state index in [0.717, 1.165) is 9.09 Å². The molecule has 0 spiro atoms. The summed E-state index contributed by atoms with van der Waals surface area (Å²) in [6, 6.07) is 3.14. The van der Waals surface area contributed by atoms with Gasteiger partial charge in [0.2, 0.25) is 0 Å². The highest BCUT2D eigenvalue weighted by Crippen LogP contribution is 2.30. The van der Waals surface area contributed by atoms with Gasteiger partial charge in [-0.3, -0.25) is 15.2 Å². The van der Waals surface area contributed by atoms with E-state index in [2.05, 4.69) is 26.1 Å². The molecule has 0 fully saturated rings. The molecule has 2 aromatic rings. The molecule has 14 heavy (non-hydrogen) atoms. The third-order valence-corrected chi connectivity index (χ3v) is 3.23. The molecule has 1 N–H and O–H groups in total. The molecule has 0 saturated heterocycles. The molecule has 0 saturated carbocycles. The zero-order valence-corrected chi connectivity index (χ0v) is 10.4. The smallest absolute Gasteiger partial charge is 0.271 e. The lowest BCUT2D eigenvalue weighted by atomic mass is 10.2. The maximum atomic E-state index is 10.6. The van der Waals surface area contributed by atoms with Crippen molar-refractivity contribution in [2.75, 3.05) is 0 Å². The van der Waals surface area contributed by atoms with Crippen LogP contribution >= 0.6 is 38.5 Å². The van der Waals surface area contributed by atoms with Crippen LogP contribution in [0.1, 0.15) is 0 Å². The fourth-order valence-electron chi connectivity index (χ4n) is 1.13. The van der Waals surface area contributed by atoms with E-state index in [1.165, 1.54) is 6.07 Å². The van der Waals surface area contributed by atoms with E-state index < -0.39 is 4.92 Å². The van der Waals surface area contributed by atoms with E-state index >= 15 is 0 Å². The Balaban J connectivity index is 2.80. The van der Waals surface area contributed by atoms with Crippen molar-refractivity contribution in [3.63, 3.8) is 0 Å². The summed E-state index contributed by atoms with van der Waals surface area (Å²) in [5.74, 6) is 0. The monoisotopic (exact) mass is 367 g/mol. The molecule has 0 amide bonds. The predicted molar refractivity (Wildman–Crippen MR) is 63.2 cm³/mol. The van der Waals surface area contributed by atoms with Gasteiger partial charge in [0.15, 0.2) is 0 Å². The largest absolute Gasteiger partial charge is 0.284 e. The number of aromatic nitrogens is 2. The molecule has 0 bridgehead atoms. The normalized spacial score (nSPS) is 10.7. The van der Waals surface area contributed by atoms with Crippen molar-refractivity contribution in [3.8, 4) is 0 Å². The Morgan fingerprint density at radius 1 is 1.57 bits per heavy atom. The lowest BCUT2D eigenvalue weighted by Crippen LogP contribution is -1.89. The number of hydrogen-bond donors (Lipinski definition) is 1. The van der Waals surface area contributed by atoms with Crippen molar-refractivity contribution in [2.24, 2.45) is 0 Å². The molecule has 0 radical (unpaired) electrons. The number of fused-ring (bicyclic) bond motifs is 1. The third kappa shape index (κ3) is 1.50. The molecular formula is C7H3BrIN3O2. The maximum absolute atomic E-state index is 10.6. The number of nitro benzene ring substituents is 1. The van der Waals surface area contributed by atoms with Gasteiger partial charge in [-0.1, -0.05) is 0 Å². The Hall–Kier alpha value is -0.700. The van der Waals surface area contributed by atoms with Gasteiger partial charge in [-0.15, -0.1) is 0 Å². The molecule has 0 aliphatic heterocycles. The average Bonchev–Trinajstić information content (AvgIpc) is 2.46. The number of nitrogens with zero attached hydrogens (tertiary/aromatic N) is 2. The van der Waals surface area contributed by atoms with Gasteiger partial charge in [0.05, 0.1) is 14.9 Å². The lowest BCUT2D eigenvalue weighted by molar-refractivity contribution is -0.385. The standard InChI is InChI=1S/C7H3BrIN3O2/c8-4-2-5-3(7(9)11-10-5)1-6(4)12(13)14/h1-2H,(H,10,11). The molecule has 0 atom stereocenters. The van der Waals surface area contributed by atoms with E-state index in [4.69, 9.17) is 0 Å². The fraction of sp³-hybridized carbons (Fsp3) is 0. The van der Waals surface area contributed by atoms with Crippen molar-refractivity contribution < 1.29 is 4.92 Å². The topological polar surface area (TPSA) is 71.8 Å². The Bertz CT molecular complexity index is 525. The number of hydrogen-bond acceptors (Lipinski definition) is 3. The molecule has 1 heterocycles. The molecule has 0 unspecified atom stereocenters. The van der Waals surface area contributed by atoms with E-state index in [-0.39, 0.29) is 5.69 Å². The fourth-order valence-corrected chi connectivity index (χ4v) is 2.16. The first-order chi connectivity index (χ1) is 6.59. The van der Waals surface area contributed by atoms with Crippen LogP contribution in [-0.2, 0) is 0 Å². The summed E-state index contributed by atoms with van der Waals surface area (Å²) in [4.78, 5) is 10.2. The molecule has 2 rings (SSSR count). The van der Waals surface area contributed by atoms with Gasteiger partial charge >= 0.3 is 0 Å². The molecule has 7 heteroatoms. The first-order valence-electron chi connectivity index (χ1n) is 3.57. The van der Waals surface area contributed by atoms with Crippen LogP contribution in [0.25, 0.3) is 10.9 Å². The van der Waals surface area contributed by atoms with Crippen molar-refractivity contribution in [2.45, 2.75) is 0 Å². The van der Waals surface area contributed by atoms with Gasteiger partial charge in [0.1, 0.15) is 3.70 Å². The molecule has 72 valence electrons. The second-order valence-electron chi connectivity index (χ2n) is 2.62. The van der Waals surface area contributed by atoms with Crippen LogP contribution < -0.4 is 0 Å². The SMILES string of the molecule is O=[N+]([O-])c1cc2c(I)[nH]nc2cc1Br. The van der Waals surface area contributed by atoms with Gasteiger partial charge in [0.25, 0.3) is 5.69 Å². The third-order valence-electron chi connectivity index (χ3n) is 1.77. The predicted octanol–water partition coefficient (Wildman–Crippen LogP) is 2.84. The Morgan fingerprint density at radius 2 is 2.29 bits per heavy atom. The minimum atomic E-state index is -0.424. The van der Waals surface area contributed by atoms with E-state index in [1.54, 1.807) is 6.07 Å². The van der Waals surface area contributed by atoms with Gasteiger partial charge < -0.3 is 0 Å². The van der Waals surface area contributed by atoms with Crippen LogP contribution in [0, 0.1) is 13.8 Å². The van der Waals surface area contributed by atoms with Gasteiger partial charge in [-0.05, 0) is 44.6 Å². The lowest BCUT2D eigenvalue weighted by Gasteiger charge is -1.94. The molecule has 0 aliphatic carbocycles. The second kappa shape index (κ2) is 3.46. The number of aromatic amines is 1. The summed E-state index contributed by atoms with van der Waals surface area (Å²) in [5.41, 5.74) is 0.767. The van der Waals surface area contributed by atoms with Crippen LogP contribution in [0.4, 0.5) is 5.69 Å². The molecule has 1 aromatic carbocycles. The highest BCUT2D eigenvalue weighted by Gasteiger charge is 2.15. The Labute approximate surface area is 100 Å². The van der Waals surface area contributed by atoms with Crippen LogP contribution in [-0.4, -0.2) is 15.1 Å². The average molecular weight is 368 g/mol. The van der Waals surface area contributed by atoms with Gasteiger partial charge in [0, 0.05) is 11.5 Å².